The van der Waals surface area contributed by atoms with Gasteiger partial charge in [-0.15, -0.1) is 0 Å². The van der Waals surface area contributed by atoms with Crippen molar-refractivity contribution < 1.29 is 15.0 Å². The van der Waals surface area contributed by atoms with Gasteiger partial charge in [0.15, 0.2) is 6.10 Å². The Labute approximate surface area is 72.4 Å². The zero-order valence-corrected chi connectivity index (χ0v) is 7.36. The van der Waals surface area contributed by atoms with Crippen molar-refractivity contribution in [3.8, 4) is 0 Å². The number of carboxylic acid groups (broad SMARTS) is 1. The summed E-state index contributed by atoms with van der Waals surface area (Å²) in [6, 6.07) is 0. The van der Waals surface area contributed by atoms with Crippen molar-refractivity contribution in [3.05, 3.63) is 0 Å². The van der Waals surface area contributed by atoms with Gasteiger partial charge in [0, 0.05) is 0 Å². The van der Waals surface area contributed by atoms with Gasteiger partial charge in [0.1, 0.15) is 0 Å². The highest BCUT2D eigenvalue weighted by molar-refractivity contribution is 5.72. The minimum atomic E-state index is -1.17. The normalized spacial score (nSPS) is 23.8. The first kappa shape index (κ1) is 9.52. The minimum Gasteiger partial charge on any atom is -0.479 e. The van der Waals surface area contributed by atoms with Crippen LogP contribution in [0.2, 0.25) is 0 Å². The highest BCUT2D eigenvalue weighted by atomic mass is 16.4. The molecular weight excluding hydrogens is 156 g/mol. The molecule has 1 aliphatic carbocycles. The van der Waals surface area contributed by atoms with E-state index in [2.05, 4.69) is 0 Å². The minimum absolute atomic E-state index is 0.0926. The molecule has 0 amide bonds. The lowest BCUT2D eigenvalue weighted by Gasteiger charge is -2.21. The van der Waals surface area contributed by atoms with E-state index in [1.807, 2.05) is 6.92 Å². The summed E-state index contributed by atoms with van der Waals surface area (Å²) in [6.45, 7) is 1.83. The zero-order valence-electron chi connectivity index (χ0n) is 7.36. The maximum atomic E-state index is 10.4. The highest BCUT2D eigenvalue weighted by Crippen LogP contribution is 2.32. The molecule has 2 atom stereocenters. The third kappa shape index (κ3) is 1.97. The Morgan fingerprint density at radius 1 is 1.42 bits per heavy atom. The molecule has 0 aliphatic heterocycles. The fraction of sp³-hybridized carbons (Fsp3) is 0.889. The number of aliphatic hydroxyl groups is 1. The third-order valence-corrected chi connectivity index (χ3v) is 2.89. The van der Waals surface area contributed by atoms with E-state index >= 15 is 0 Å². The Hall–Kier alpha value is -0.570. The first-order chi connectivity index (χ1) is 5.63. The van der Waals surface area contributed by atoms with Gasteiger partial charge in [-0.1, -0.05) is 32.6 Å². The van der Waals surface area contributed by atoms with Crippen LogP contribution in [-0.2, 0) is 4.79 Å². The van der Waals surface area contributed by atoms with Crippen LogP contribution in [0, 0.1) is 11.8 Å². The van der Waals surface area contributed by atoms with Crippen LogP contribution in [0.1, 0.15) is 32.6 Å². The van der Waals surface area contributed by atoms with Crippen molar-refractivity contribution in [2.75, 3.05) is 0 Å². The Bertz CT molecular complexity index is 161. The molecule has 2 unspecified atom stereocenters. The second-order valence-corrected chi connectivity index (χ2v) is 3.69. The van der Waals surface area contributed by atoms with E-state index in [0.717, 1.165) is 12.8 Å². The molecule has 0 heterocycles. The van der Waals surface area contributed by atoms with E-state index in [-0.39, 0.29) is 5.92 Å². The first-order valence-corrected chi connectivity index (χ1v) is 4.54. The topological polar surface area (TPSA) is 57.5 Å². The van der Waals surface area contributed by atoms with Crippen molar-refractivity contribution in [3.63, 3.8) is 0 Å². The van der Waals surface area contributed by atoms with Crippen molar-refractivity contribution >= 4 is 5.97 Å². The number of hydrogen-bond donors (Lipinski definition) is 2. The fourth-order valence-electron chi connectivity index (χ4n) is 1.97. The second-order valence-electron chi connectivity index (χ2n) is 3.69. The summed E-state index contributed by atoms with van der Waals surface area (Å²) in [5.74, 6) is -0.768. The fourth-order valence-corrected chi connectivity index (χ4v) is 1.97. The van der Waals surface area contributed by atoms with Crippen molar-refractivity contribution in [2.45, 2.75) is 38.7 Å². The summed E-state index contributed by atoms with van der Waals surface area (Å²) in [6.07, 6.45) is 3.34. The molecule has 0 radical (unpaired) electrons. The van der Waals surface area contributed by atoms with Gasteiger partial charge in [0.05, 0.1) is 0 Å². The second kappa shape index (κ2) is 3.90. The summed E-state index contributed by atoms with van der Waals surface area (Å²) in [4.78, 5) is 10.4. The maximum absolute atomic E-state index is 10.4. The Morgan fingerprint density at radius 2 is 1.92 bits per heavy atom. The average Bonchev–Trinajstić information content (AvgIpc) is 2.53. The van der Waals surface area contributed by atoms with E-state index < -0.39 is 12.1 Å². The largest absolute Gasteiger partial charge is 0.479 e. The van der Waals surface area contributed by atoms with Gasteiger partial charge >= 0.3 is 5.97 Å². The van der Waals surface area contributed by atoms with Gasteiger partial charge in [-0.3, -0.25) is 0 Å². The summed E-state index contributed by atoms with van der Waals surface area (Å²) in [5, 5.41) is 17.8. The summed E-state index contributed by atoms with van der Waals surface area (Å²) in [5.41, 5.74) is 0. The molecule has 0 aromatic heterocycles. The Kier molecular flexibility index (Phi) is 3.09. The van der Waals surface area contributed by atoms with Gasteiger partial charge in [-0.25, -0.2) is 4.79 Å². The van der Waals surface area contributed by atoms with E-state index in [9.17, 15) is 9.90 Å². The molecule has 12 heavy (non-hydrogen) atoms. The maximum Gasteiger partial charge on any atom is 0.332 e. The molecule has 1 fully saturated rings. The third-order valence-electron chi connectivity index (χ3n) is 2.89. The first-order valence-electron chi connectivity index (χ1n) is 4.54. The molecule has 0 aromatic rings. The van der Waals surface area contributed by atoms with E-state index in [1.54, 1.807) is 0 Å². The number of rotatable bonds is 3. The van der Waals surface area contributed by atoms with Crippen LogP contribution in [0.5, 0.6) is 0 Å². The molecule has 1 saturated carbocycles. The Balaban J connectivity index is 2.44. The number of carboxylic acids is 1. The predicted molar refractivity (Wildman–Crippen MR) is 44.8 cm³/mol. The highest BCUT2D eigenvalue weighted by Gasteiger charge is 2.30. The van der Waals surface area contributed by atoms with Crippen molar-refractivity contribution in [1.82, 2.24) is 0 Å². The average molecular weight is 172 g/mol. The predicted octanol–water partition coefficient (Wildman–Crippen LogP) is 1.26. The molecule has 0 saturated heterocycles. The number of aliphatic hydroxyl groups excluding tert-OH is 1. The molecule has 70 valence electrons. The molecule has 2 N–H and O–H groups in total. The number of carbonyl (C=O) groups is 1. The zero-order chi connectivity index (χ0) is 9.14. The molecule has 1 rings (SSSR count). The molecule has 0 spiro atoms. The van der Waals surface area contributed by atoms with Gasteiger partial charge in [-0.05, 0) is 11.8 Å². The van der Waals surface area contributed by atoms with Crippen LogP contribution in [0.4, 0.5) is 0 Å². The molecule has 1 aliphatic rings. The van der Waals surface area contributed by atoms with Crippen molar-refractivity contribution in [2.24, 2.45) is 11.8 Å². The van der Waals surface area contributed by atoms with E-state index in [4.69, 9.17) is 5.11 Å². The lowest BCUT2D eigenvalue weighted by molar-refractivity contribution is -0.150. The Morgan fingerprint density at radius 3 is 2.33 bits per heavy atom. The lowest BCUT2D eigenvalue weighted by Crippen LogP contribution is -2.31. The molecule has 0 aromatic carbocycles. The quantitative estimate of drug-likeness (QED) is 0.673. The van der Waals surface area contributed by atoms with Crippen LogP contribution in [0.15, 0.2) is 0 Å². The van der Waals surface area contributed by atoms with Crippen LogP contribution < -0.4 is 0 Å². The smallest absolute Gasteiger partial charge is 0.332 e. The molecule has 0 bridgehead atoms. The monoisotopic (exact) mass is 172 g/mol. The van der Waals surface area contributed by atoms with Gasteiger partial charge in [0.25, 0.3) is 0 Å². The number of aliphatic carboxylic acids is 1. The summed E-state index contributed by atoms with van der Waals surface area (Å²) < 4.78 is 0. The molecular formula is C9H16O3. The lowest BCUT2D eigenvalue weighted by atomic mass is 9.88. The van der Waals surface area contributed by atoms with Crippen LogP contribution in [0.25, 0.3) is 0 Å². The molecule has 3 heteroatoms. The van der Waals surface area contributed by atoms with Gasteiger partial charge in [0.2, 0.25) is 0 Å². The van der Waals surface area contributed by atoms with Crippen LogP contribution >= 0.6 is 0 Å². The van der Waals surface area contributed by atoms with E-state index in [1.165, 1.54) is 12.8 Å². The van der Waals surface area contributed by atoms with Crippen molar-refractivity contribution in [1.29, 1.82) is 0 Å². The molecule has 3 nitrogen and oxygen atoms in total. The summed E-state index contributed by atoms with van der Waals surface area (Å²) >= 11 is 0. The van der Waals surface area contributed by atoms with Crippen LogP contribution in [0.3, 0.4) is 0 Å². The van der Waals surface area contributed by atoms with E-state index in [0.29, 0.717) is 5.92 Å². The standard InChI is InChI=1S/C9H16O3/c1-6(8(10)9(11)12)7-4-2-3-5-7/h6-8,10H,2-5H2,1H3,(H,11,12). The number of hydrogen-bond acceptors (Lipinski definition) is 2. The SMILES string of the molecule is CC(C1CCCC1)C(O)C(=O)O. The van der Waals surface area contributed by atoms with Gasteiger partial charge < -0.3 is 10.2 Å². The van der Waals surface area contributed by atoms with Crippen LogP contribution in [-0.4, -0.2) is 22.3 Å². The van der Waals surface area contributed by atoms with Gasteiger partial charge in [-0.2, -0.15) is 0 Å². The summed E-state index contributed by atoms with van der Waals surface area (Å²) in [7, 11) is 0.